The van der Waals surface area contributed by atoms with E-state index in [1.165, 1.54) is 5.56 Å². The minimum atomic E-state index is 0.250. The van der Waals surface area contributed by atoms with Crippen molar-refractivity contribution in [3.63, 3.8) is 0 Å². The lowest BCUT2D eigenvalue weighted by Gasteiger charge is -1.96. The van der Waals surface area contributed by atoms with E-state index in [0.717, 1.165) is 12.8 Å². The molecule has 15 heavy (non-hydrogen) atoms. The molecule has 0 atom stereocenters. The second-order valence-corrected chi connectivity index (χ2v) is 2.45. The molecule has 0 aromatic heterocycles. The molecule has 0 aliphatic rings. The average molecular weight is 207 g/mol. The highest BCUT2D eigenvalue weighted by molar-refractivity contribution is 5.42. The lowest BCUT2D eigenvalue weighted by Crippen LogP contribution is -1.87. The maximum absolute atomic E-state index is 8.58. The van der Waals surface area contributed by atoms with Crippen LogP contribution >= 0.6 is 0 Å². The van der Waals surface area contributed by atoms with E-state index in [1.54, 1.807) is 0 Å². The second-order valence-electron chi connectivity index (χ2n) is 2.45. The van der Waals surface area contributed by atoms with Crippen LogP contribution in [-0.4, -0.2) is 18.1 Å². The van der Waals surface area contributed by atoms with Crippen molar-refractivity contribution in [2.24, 2.45) is 5.73 Å². The van der Waals surface area contributed by atoms with E-state index in [1.807, 2.05) is 18.2 Å². The molecule has 1 amide bonds. The van der Waals surface area contributed by atoms with Crippen LogP contribution < -0.4 is 5.73 Å². The Labute approximate surface area is 90.9 Å². The van der Waals surface area contributed by atoms with Crippen molar-refractivity contribution in [3.8, 4) is 12.8 Å². The molecule has 0 spiro atoms. The topological polar surface area (TPSA) is 63.3 Å². The molecule has 82 valence electrons. The molecule has 1 aromatic rings. The molecule has 0 bridgehead atoms. The predicted octanol–water partition coefficient (Wildman–Crippen LogP) is 0.962. The van der Waals surface area contributed by atoms with Crippen molar-refractivity contribution >= 4 is 6.41 Å². The van der Waals surface area contributed by atoms with Crippen LogP contribution in [0.2, 0.25) is 0 Å². The average Bonchev–Trinajstić information content (AvgIpc) is 2.31. The minimum Gasteiger partial charge on any atom is -0.396 e. The number of aliphatic hydroxyl groups excluding tert-OH is 1. The van der Waals surface area contributed by atoms with Crippen LogP contribution in [0.3, 0.4) is 0 Å². The van der Waals surface area contributed by atoms with Gasteiger partial charge in [0.05, 0.1) is 0 Å². The molecule has 0 radical (unpaired) electrons. The van der Waals surface area contributed by atoms with E-state index >= 15 is 0 Å². The summed E-state index contributed by atoms with van der Waals surface area (Å²) in [4.78, 5) is 8.58. The van der Waals surface area contributed by atoms with Crippen molar-refractivity contribution in [1.29, 1.82) is 0 Å². The Hall–Kier alpha value is -1.79. The van der Waals surface area contributed by atoms with E-state index in [9.17, 15) is 0 Å². The number of terminal acetylenes is 1. The van der Waals surface area contributed by atoms with Gasteiger partial charge in [-0.25, -0.2) is 0 Å². The molecular weight excluding hydrogens is 190 g/mol. The quantitative estimate of drug-likeness (QED) is 0.573. The molecular formula is C12H17NO2. The second kappa shape index (κ2) is 14.7. The first kappa shape index (κ1) is 15.7. The van der Waals surface area contributed by atoms with Gasteiger partial charge in [-0.2, -0.15) is 0 Å². The smallest absolute Gasteiger partial charge is 0.204 e. The van der Waals surface area contributed by atoms with Gasteiger partial charge < -0.3 is 10.8 Å². The number of aliphatic hydroxyl groups is 1. The first-order valence-corrected chi connectivity index (χ1v) is 4.48. The summed E-state index contributed by atoms with van der Waals surface area (Å²) in [6.07, 6.45) is 10.1. The van der Waals surface area contributed by atoms with E-state index in [-0.39, 0.29) is 13.0 Å². The zero-order chi connectivity index (χ0) is 11.9. The van der Waals surface area contributed by atoms with E-state index < -0.39 is 0 Å². The van der Waals surface area contributed by atoms with E-state index in [2.05, 4.69) is 30.7 Å². The fraction of sp³-hybridized carbons (Fsp3) is 0.250. The summed E-state index contributed by atoms with van der Waals surface area (Å²) in [6.45, 7) is 0.287. The van der Waals surface area contributed by atoms with Crippen LogP contribution in [0.5, 0.6) is 0 Å². The summed E-state index contributed by atoms with van der Waals surface area (Å²) in [5.41, 5.74) is 5.47. The highest BCUT2D eigenvalue weighted by Crippen LogP contribution is 2.00. The zero-order valence-corrected chi connectivity index (χ0v) is 8.67. The lowest BCUT2D eigenvalue weighted by molar-refractivity contribution is -0.106. The van der Waals surface area contributed by atoms with Crippen LogP contribution in [0.1, 0.15) is 12.0 Å². The molecule has 0 unspecified atom stereocenters. The maximum Gasteiger partial charge on any atom is 0.204 e. The van der Waals surface area contributed by atoms with Gasteiger partial charge in [-0.15, -0.1) is 12.8 Å². The standard InChI is InChI=1S/C9H12O.C2H2.CH3NO/c10-8-4-7-9-5-2-1-3-6-9;1-2;2-1-3/h1-3,5-6,10H,4,7-8H2;1-2H;1H,(H2,2,3). The SMILES string of the molecule is C#C.NC=O.OCCCc1ccccc1. The molecule has 0 fully saturated rings. The fourth-order valence-electron chi connectivity index (χ4n) is 0.928. The zero-order valence-electron chi connectivity index (χ0n) is 8.67. The van der Waals surface area contributed by atoms with Gasteiger partial charge >= 0.3 is 0 Å². The Morgan fingerprint density at radius 3 is 2.13 bits per heavy atom. The monoisotopic (exact) mass is 207 g/mol. The summed E-state index contributed by atoms with van der Waals surface area (Å²) in [6, 6.07) is 10.2. The number of nitrogens with two attached hydrogens (primary N) is 1. The number of benzene rings is 1. The van der Waals surface area contributed by atoms with Crippen molar-refractivity contribution in [2.75, 3.05) is 6.61 Å². The molecule has 3 N–H and O–H groups in total. The molecule has 0 aliphatic heterocycles. The van der Waals surface area contributed by atoms with E-state index in [0.29, 0.717) is 0 Å². The number of amides is 1. The van der Waals surface area contributed by atoms with Gasteiger partial charge in [-0.1, -0.05) is 30.3 Å². The van der Waals surface area contributed by atoms with E-state index in [4.69, 9.17) is 9.90 Å². The number of rotatable bonds is 3. The third-order valence-corrected chi connectivity index (χ3v) is 1.47. The Morgan fingerprint density at radius 2 is 1.73 bits per heavy atom. The van der Waals surface area contributed by atoms with Gasteiger partial charge in [-0.05, 0) is 18.4 Å². The summed E-state index contributed by atoms with van der Waals surface area (Å²) in [5, 5.41) is 8.53. The summed E-state index contributed by atoms with van der Waals surface area (Å²) in [5.74, 6) is 0. The third kappa shape index (κ3) is 12.2. The van der Waals surface area contributed by atoms with Crippen molar-refractivity contribution < 1.29 is 9.90 Å². The van der Waals surface area contributed by atoms with Gasteiger partial charge in [-0.3, -0.25) is 4.79 Å². The molecule has 0 heterocycles. The van der Waals surface area contributed by atoms with Crippen molar-refractivity contribution in [3.05, 3.63) is 35.9 Å². The predicted molar refractivity (Wildman–Crippen MR) is 62.0 cm³/mol. The Kier molecular flexibility index (Phi) is 15.4. The summed E-state index contributed by atoms with van der Waals surface area (Å²) >= 11 is 0. The summed E-state index contributed by atoms with van der Waals surface area (Å²) in [7, 11) is 0. The highest BCUT2D eigenvalue weighted by Gasteiger charge is 1.87. The molecule has 0 saturated carbocycles. The molecule has 3 heteroatoms. The Morgan fingerprint density at radius 1 is 1.27 bits per heavy atom. The van der Waals surface area contributed by atoms with Crippen LogP contribution in [0.15, 0.2) is 30.3 Å². The summed E-state index contributed by atoms with van der Waals surface area (Å²) < 4.78 is 0. The van der Waals surface area contributed by atoms with Crippen molar-refractivity contribution in [1.82, 2.24) is 0 Å². The van der Waals surface area contributed by atoms with Gasteiger partial charge in [0.2, 0.25) is 6.41 Å². The number of hydrogen-bond donors (Lipinski definition) is 2. The van der Waals surface area contributed by atoms with Gasteiger partial charge in [0, 0.05) is 6.61 Å². The first-order chi connectivity index (χ1) is 7.35. The Balaban J connectivity index is 0. The molecule has 1 rings (SSSR count). The molecule has 3 nitrogen and oxygen atoms in total. The number of hydrogen-bond acceptors (Lipinski definition) is 2. The molecule has 0 saturated heterocycles. The van der Waals surface area contributed by atoms with Crippen LogP contribution in [0.25, 0.3) is 0 Å². The highest BCUT2D eigenvalue weighted by atomic mass is 16.2. The molecule has 1 aromatic carbocycles. The lowest BCUT2D eigenvalue weighted by atomic mass is 10.1. The first-order valence-electron chi connectivity index (χ1n) is 4.48. The van der Waals surface area contributed by atoms with Gasteiger partial charge in [0.15, 0.2) is 0 Å². The normalized spacial score (nSPS) is 7.40. The molecule has 0 aliphatic carbocycles. The largest absolute Gasteiger partial charge is 0.396 e. The third-order valence-electron chi connectivity index (χ3n) is 1.47. The maximum atomic E-state index is 8.58. The number of aryl methyl sites for hydroxylation is 1. The number of carbonyl (C=O) groups excluding carboxylic acids is 1. The van der Waals surface area contributed by atoms with Crippen molar-refractivity contribution in [2.45, 2.75) is 12.8 Å². The fourth-order valence-corrected chi connectivity index (χ4v) is 0.928. The van der Waals surface area contributed by atoms with Crippen LogP contribution in [0, 0.1) is 12.8 Å². The minimum absolute atomic E-state index is 0.250. The number of primary amides is 1. The van der Waals surface area contributed by atoms with Gasteiger partial charge in [0.1, 0.15) is 0 Å². The van der Waals surface area contributed by atoms with Gasteiger partial charge in [0.25, 0.3) is 0 Å². The van der Waals surface area contributed by atoms with Crippen LogP contribution in [-0.2, 0) is 11.2 Å². The number of carbonyl (C=O) groups is 1. The van der Waals surface area contributed by atoms with Crippen LogP contribution in [0.4, 0.5) is 0 Å². The Bertz CT molecular complexity index is 244.